The molecule has 0 radical (unpaired) electrons. The van der Waals surface area contributed by atoms with Crippen LogP contribution in [0.2, 0.25) is 0 Å². The summed E-state index contributed by atoms with van der Waals surface area (Å²) in [7, 11) is -6.49. The third-order valence-electron chi connectivity index (χ3n) is 8.70. The van der Waals surface area contributed by atoms with Crippen LogP contribution in [-0.2, 0) is 31.3 Å². The quantitative estimate of drug-likeness (QED) is 0.222. The third-order valence-corrected chi connectivity index (χ3v) is 12.0. The van der Waals surface area contributed by atoms with Gasteiger partial charge in [0.1, 0.15) is 6.04 Å². The molecule has 0 spiro atoms. The lowest BCUT2D eigenvalue weighted by Gasteiger charge is -2.39. The third kappa shape index (κ3) is 7.05. The number of nitrogens with one attached hydrogen (secondary N) is 1. The number of amides is 1. The number of likely N-dealkylation sites (N-methyl/N-ethyl adjacent to an activating group) is 1. The van der Waals surface area contributed by atoms with E-state index in [0.717, 1.165) is 11.3 Å². The number of hydrogen-bond donors (Lipinski definition) is 1. The van der Waals surface area contributed by atoms with E-state index in [1.807, 2.05) is 37.3 Å². The summed E-state index contributed by atoms with van der Waals surface area (Å²) in [6.07, 6.45) is 3.24. The SMILES string of the molecule is Cc1ccc(S(=O)(=O)Nc2ccc(C[C@@H](C(=O)N3CCN(c4ccccc4)CC3)N(C)S(=O)(=O)c3cccc4cnccc34)cc2)cc1. The van der Waals surface area contributed by atoms with Crippen LogP contribution < -0.4 is 9.62 Å². The lowest BCUT2D eigenvalue weighted by Crippen LogP contribution is -2.56. The fourth-order valence-electron chi connectivity index (χ4n) is 5.91. The zero-order valence-electron chi connectivity index (χ0n) is 26.7. The van der Waals surface area contributed by atoms with Crippen LogP contribution in [-0.4, -0.2) is 76.2 Å². The van der Waals surface area contributed by atoms with Crippen molar-refractivity contribution < 1.29 is 21.6 Å². The van der Waals surface area contributed by atoms with E-state index in [1.54, 1.807) is 90.1 Å². The fourth-order valence-corrected chi connectivity index (χ4v) is 8.49. The highest BCUT2D eigenvalue weighted by Crippen LogP contribution is 2.28. The summed E-state index contributed by atoms with van der Waals surface area (Å²) in [6.45, 7) is 4.00. The van der Waals surface area contributed by atoms with E-state index in [0.29, 0.717) is 48.2 Å². The lowest BCUT2D eigenvalue weighted by atomic mass is 10.0. The Bertz CT molecular complexity index is 2110. The molecule has 248 valence electrons. The van der Waals surface area contributed by atoms with Gasteiger partial charge in [-0.3, -0.25) is 14.5 Å². The van der Waals surface area contributed by atoms with Crippen LogP contribution in [0.4, 0.5) is 11.4 Å². The van der Waals surface area contributed by atoms with Gasteiger partial charge in [0.15, 0.2) is 0 Å². The molecular weight excluding hydrogens is 647 g/mol. The van der Waals surface area contributed by atoms with Gasteiger partial charge in [-0.2, -0.15) is 4.31 Å². The molecule has 1 aliphatic heterocycles. The van der Waals surface area contributed by atoms with E-state index in [1.165, 1.54) is 11.4 Å². The molecule has 5 aromatic rings. The zero-order chi connectivity index (χ0) is 33.9. The largest absolute Gasteiger partial charge is 0.368 e. The first-order valence-corrected chi connectivity index (χ1v) is 18.5. The molecule has 1 amide bonds. The summed E-state index contributed by atoms with van der Waals surface area (Å²) >= 11 is 0. The number of aryl methyl sites for hydroxylation is 1. The minimum Gasteiger partial charge on any atom is -0.368 e. The molecule has 1 saturated heterocycles. The van der Waals surface area contributed by atoms with Gasteiger partial charge in [-0.1, -0.05) is 60.2 Å². The Morgan fingerprint density at radius 2 is 1.52 bits per heavy atom. The summed E-state index contributed by atoms with van der Waals surface area (Å²) in [4.78, 5) is 22.6. The Balaban J connectivity index is 1.26. The highest BCUT2D eigenvalue weighted by molar-refractivity contribution is 7.92. The molecule has 1 atom stereocenters. The second-order valence-corrected chi connectivity index (χ2v) is 15.5. The Morgan fingerprint density at radius 1 is 0.833 bits per heavy atom. The Kier molecular flexibility index (Phi) is 9.49. The normalized spacial score (nSPS) is 14.6. The number of piperazine rings is 1. The molecule has 12 heteroatoms. The smallest absolute Gasteiger partial charge is 0.261 e. The fraction of sp³-hybridized carbons (Fsp3) is 0.222. The van der Waals surface area contributed by atoms with E-state index in [4.69, 9.17) is 0 Å². The van der Waals surface area contributed by atoms with Crippen molar-refractivity contribution in [1.29, 1.82) is 0 Å². The predicted octanol–water partition coefficient (Wildman–Crippen LogP) is 4.92. The van der Waals surface area contributed by atoms with Gasteiger partial charge in [0.05, 0.1) is 9.79 Å². The number of anilines is 2. The Morgan fingerprint density at radius 3 is 2.21 bits per heavy atom. The van der Waals surface area contributed by atoms with E-state index >= 15 is 0 Å². The maximum Gasteiger partial charge on any atom is 0.261 e. The molecule has 0 bridgehead atoms. The van der Waals surface area contributed by atoms with E-state index in [2.05, 4.69) is 14.6 Å². The first-order chi connectivity index (χ1) is 23.0. The monoisotopic (exact) mass is 683 g/mol. The summed E-state index contributed by atoms with van der Waals surface area (Å²) in [5.41, 5.74) is 3.05. The Labute approximate surface area is 281 Å². The Hall–Kier alpha value is -4.78. The average molecular weight is 684 g/mol. The maximum absolute atomic E-state index is 14.3. The number of hydrogen-bond acceptors (Lipinski definition) is 7. The van der Waals surface area contributed by atoms with Crippen LogP contribution >= 0.6 is 0 Å². The molecular formula is C36H37N5O5S2. The first-order valence-electron chi connectivity index (χ1n) is 15.6. The molecule has 48 heavy (non-hydrogen) atoms. The second kappa shape index (κ2) is 13.8. The number of fused-ring (bicyclic) bond motifs is 1. The van der Waals surface area contributed by atoms with Crippen LogP contribution in [0, 0.1) is 6.92 Å². The average Bonchev–Trinajstić information content (AvgIpc) is 3.11. The summed E-state index contributed by atoms with van der Waals surface area (Å²) in [6, 6.07) is 28.8. The van der Waals surface area contributed by atoms with Crippen molar-refractivity contribution in [2.24, 2.45) is 0 Å². The summed E-state index contributed by atoms with van der Waals surface area (Å²) < 4.78 is 58.1. The topological polar surface area (TPSA) is 120 Å². The van der Waals surface area contributed by atoms with Gasteiger partial charge in [0.25, 0.3) is 10.0 Å². The number of aromatic nitrogens is 1. The van der Waals surface area contributed by atoms with Gasteiger partial charge in [0.2, 0.25) is 15.9 Å². The van der Waals surface area contributed by atoms with Crippen LogP contribution in [0.1, 0.15) is 11.1 Å². The van der Waals surface area contributed by atoms with Crippen molar-refractivity contribution in [2.75, 3.05) is 42.8 Å². The summed E-state index contributed by atoms with van der Waals surface area (Å²) in [5, 5.41) is 1.20. The molecule has 0 saturated carbocycles. The molecule has 1 N–H and O–H groups in total. The van der Waals surface area contributed by atoms with Gasteiger partial charge in [0, 0.05) is 67.8 Å². The molecule has 0 aliphatic carbocycles. The number of nitrogens with zero attached hydrogens (tertiary/aromatic N) is 4. The van der Waals surface area contributed by atoms with Crippen molar-refractivity contribution in [2.45, 2.75) is 29.2 Å². The molecule has 1 fully saturated rings. The number of pyridine rings is 1. The standard InChI is InChI=1S/C36H37N5O5S2/c1-27-11-17-32(18-12-27)47(43,44)38-30-15-13-28(14-16-30)25-34(36(42)41-23-21-40(22-24-41)31-8-4-3-5-9-31)39(2)48(45,46)35-10-6-7-29-26-37-20-19-33(29)35/h3-20,26,34,38H,21-25H2,1-2H3/t34-/m0/s1. The highest BCUT2D eigenvalue weighted by atomic mass is 32.2. The minimum absolute atomic E-state index is 0.0881. The highest BCUT2D eigenvalue weighted by Gasteiger charge is 2.37. The molecule has 4 aromatic carbocycles. The van der Waals surface area contributed by atoms with Gasteiger partial charge < -0.3 is 9.80 Å². The number of carbonyl (C=O) groups excluding carboxylic acids is 1. The van der Waals surface area contributed by atoms with Crippen molar-refractivity contribution >= 4 is 48.1 Å². The molecule has 0 unspecified atom stereocenters. The zero-order valence-corrected chi connectivity index (χ0v) is 28.4. The predicted molar refractivity (Wildman–Crippen MR) is 188 cm³/mol. The van der Waals surface area contributed by atoms with Gasteiger partial charge >= 0.3 is 0 Å². The van der Waals surface area contributed by atoms with Gasteiger partial charge in [-0.25, -0.2) is 16.8 Å². The van der Waals surface area contributed by atoms with Crippen molar-refractivity contribution in [1.82, 2.24) is 14.2 Å². The number of sulfonamides is 2. The van der Waals surface area contributed by atoms with E-state index in [9.17, 15) is 21.6 Å². The number of rotatable bonds is 10. The summed E-state index contributed by atoms with van der Waals surface area (Å²) in [5.74, 6) is -0.292. The van der Waals surface area contributed by atoms with Crippen LogP contribution in [0.15, 0.2) is 125 Å². The second-order valence-electron chi connectivity index (χ2n) is 11.9. The van der Waals surface area contributed by atoms with Crippen molar-refractivity contribution in [3.05, 3.63) is 127 Å². The van der Waals surface area contributed by atoms with Crippen molar-refractivity contribution in [3.63, 3.8) is 0 Å². The van der Waals surface area contributed by atoms with E-state index in [-0.39, 0.29) is 22.1 Å². The van der Waals surface area contributed by atoms with Crippen LogP contribution in [0.5, 0.6) is 0 Å². The molecule has 1 aromatic heterocycles. The maximum atomic E-state index is 14.3. The van der Waals surface area contributed by atoms with Gasteiger partial charge in [-0.05, 0) is 67.4 Å². The number of benzene rings is 4. The molecule has 2 heterocycles. The molecule has 10 nitrogen and oxygen atoms in total. The van der Waals surface area contributed by atoms with Crippen LogP contribution in [0.3, 0.4) is 0 Å². The first kappa shape index (κ1) is 33.1. The number of carbonyl (C=O) groups is 1. The van der Waals surface area contributed by atoms with Crippen molar-refractivity contribution in [3.8, 4) is 0 Å². The van der Waals surface area contributed by atoms with E-state index < -0.39 is 26.1 Å². The number of para-hydroxylation sites is 1. The molecule has 6 rings (SSSR count). The molecule has 1 aliphatic rings. The lowest BCUT2D eigenvalue weighted by molar-refractivity contribution is -0.135. The minimum atomic E-state index is -4.13. The van der Waals surface area contributed by atoms with Gasteiger partial charge in [-0.15, -0.1) is 0 Å². The van der Waals surface area contributed by atoms with Crippen LogP contribution in [0.25, 0.3) is 10.8 Å².